The Kier molecular flexibility index (Phi) is 3.33. The molecule has 1 aromatic heterocycles. The second-order valence-electron chi connectivity index (χ2n) is 5.43. The van der Waals surface area contributed by atoms with Crippen molar-refractivity contribution in [1.29, 1.82) is 0 Å². The molecular weight excluding hydrogens is 264 g/mol. The number of aromatic nitrogens is 2. The summed E-state index contributed by atoms with van der Waals surface area (Å²) < 4.78 is 0. The van der Waals surface area contributed by atoms with E-state index in [2.05, 4.69) is 22.1 Å². The topological polar surface area (TPSA) is 72.1 Å². The summed E-state index contributed by atoms with van der Waals surface area (Å²) in [5.41, 5.74) is 8.89. The van der Waals surface area contributed by atoms with Gasteiger partial charge in [-0.1, -0.05) is 24.3 Å². The number of benzene rings is 1. The third-order valence-electron chi connectivity index (χ3n) is 3.82. The summed E-state index contributed by atoms with van der Waals surface area (Å²) in [5.74, 6) is 1.14. The number of nitrogens with two attached hydrogens (primary N) is 1. The first-order chi connectivity index (χ1) is 10.0. The number of carbonyl (C=O) groups is 1. The van der Waals surface area contributed by atoms with Crippen LogP contribution in [0.15, 0.2) is 30.3 Å². The maximum absolute atomic E-state index is 11.9. The molecule has 1 amide bonds. The third kappa shape index (κ3) is 2.59. The van der Waals surface area contributed by atoms with Gasteiger partial charge in [-0.2, -0.15) is 0 Å². The van der Waals surface area contributed by atoms with E-state index in [4.69, 9.17) is 5.73 Å². The van der Waals surface area contributed by atoms with Crippen molar-refractivity contribution in [2.45, 2.75) is 32.9 Å². The maximum atomic E-state index is 11.9. The van der Waals surface area contributed by atoms with Crippen molar-refractivity contribution < 1.29 is 4.79 Å². The molecule has 108 valence electrons. The molecule has 1 unspecified atom stereocenters. The van der Waals surface area contributed by atoms with Gasteiger partial charge in [-0.25, -0.2) is 9.97 Å². The summed E-state index contributed by atoms with van der Waals surface area (Å²) in [4.78, 5) is 22.6. The quantitative estimate of drug-likeness (QED) is 0.906. The van der Waals surface area contributed by atoms with Gasteiger partial charge in [0.25, 0.3) is 0 Å². The first-order valence-electron chi connectivity index (χ1n) is 6.99. The predicted molar refractivity (Wildman–Crippen MR) is 80.8 cm³/mol. The normalized spacial score (nSPS) is 17.4. The van der Waals surface area contributed by atoms with Crippen LogP contribution in [0, 0.1) is 13.8 Å². The van der Waals surface area contributed by atoms with Crippen molar-refractivity contribution in [3.8, 4) is 0 Å². The van der Waals surface area contributed by atoms with E-state index in [1.54, 1.807) is 0 Å². The lowest BCUT2D eigenvalue weighted by Crippen LogP contribution is -2.49. The Balaban J connectivity index is 2.05. The lowest BCUT2D eigenvalue weighted by molar-refractivity contribution is -0.119. The SMILES string of the molecule is Cc1cc(N2Cc3ccccc3CC2C(N)=O)nc(C)n1. The number of amides is 1. The molecule has 0 saturated heterocycles. The molecule has 1 aliphatic heterocycles. The van der Waals surface area contributed by atoms with Crippen LogP contribution < -0.4 is 10.6 Å². The van der Waals surface area contributed by atoms with Gasteiger partial charge >= 0.3 is 0 Å². The number of carbonyl (C=O) groups excluding carboxylic acids is 1. The molecule has 0 spiro atoms. The van der Waals surface area contributed by atoms with E-state index in [0.29, 0.717) is 18.8 Å². The van der Waals surface area contributed by atoms with E-state index in [9.17, 15) is 4.79 Å². The van der Waals surface area contributed by atoms with Crippen LogP contribution in [0.3, 0.4) is 0 Å². The Morgan fingerprint density at radius 3 is 2.62 bits per heavy atom. The number of nitrogens with zero attached hydrogens (tertiary/aromatic N) is 3. The van der Waals surface area contributed by atoms with Gasteiger partial charge in [0.05, 0.1) is 0 Å². The zero-order valence-corrected chi connectivity index (χ0v) is 12.2. The molecule has 0 saturated carbocycles. The smallest absolute Gasteiger partial charge is 0.240 e. The number of hydrogen-bond acceptors (Lipinski definition) is 4. The molecule has 2 aromatic rings. The Morgan fingerprint density at radius 2 is 1.95 bits per heavy atom. The second kappa shape index (κ2) is 5.16. The van der Waals surface area contributed by atoms with Gasteiger partial charge in [-0.3, -0.25) is 4.79 Å². The summed E-state index contributed by atoms with van der Waals surface area (Å²) in [7, 11) is 0. The lowest BCUT2D eigenvalue weighted by atomic mass is 9.93. The number of hydrogen-bond donors (Lipinski definition) is 1. The molecule has 0 aliphatic carbocycles. The summed E-state index contributed by atoms with van der Waals surface area (Å²) in [5, 5.41) is 0. The first kappa shape index (κ1) is 13.5. The van der Waals surface area contributed by atoms with Crippen LogP contribution in [-0.2, 0) is 17.8 Å². The van der Waals surface area contributed by atoms with Crippen molar-refractivity contribution in [3.05, 3.63) is 53.0 Å². The number of fused-ring (bicyclic) bond motifs is 1. The van der Waals surface area contributed by atoms with E-state index in [1.165, 1.54) is 11.1 Å². The van der Waals surface area contributed by atoms with Crippen molar-refractivity contribution in [2.24, 2.45) is 5.73 Å². The van der Waals surface area contributed by atoms with Gasteiger partial charge < -0.3 is 10.6 Å². The van der Waals surface area contributed by atoms with Crippen LogP contribution in [0.4, 0.5) is 5.82 Å². The Labute approximate surface area is 123 Å². The molecule has 2 heterocycles. The summed E-state index contributed by atoms with van der Waals surface area (Å²) in [6.45, 7) is 4.42. The van der Waals surface area contributed by atoms with Crippen LogP contribution in [0.5, 0.6) is 0 Å². The molecular formula is C16H18N4O. The predicted octanol–water partition coefficient (Wildman–Crippen LogP) is 1.51. The highest BCUT2D eigenvalue weighted by atomic mass is 16.1. The highest BCUT2D eigenvalue weighted by molar-refractivity contribution is 5.84. The van der Waals surface area contributed by atoms with Gasteiger partial charge in [0.2, 0.25) is 5.91 Å². The number of rotatable bonds is 2. The van der Waals surface area contributed by atoms with Gasteiger partial charge in [-0.05, 0) is 25.0 Å². The van der Waals surface area contributed by atoms with E-state index in [-0.39, 0.29) is 11.9 Å². The third-order valence-corrected chi connectivity index (χ3v) is 3.82. The van der Waals surface area contributed by atoms with E-state index < -0.39 is 0 Å². The minimum Gasteiger partial charge on any atom is -0.368 e. The van der Waals surface area contributed by atoms with E-state index in [0.717, 1.165) is 11.5 Å². The van der Waals surface area contributed by atoms with Crippen molar-refractivity contribution >= 4 is 11.7 Å². The number of primary amides is 1. The largest absolute Gasteiger partial charge is 0.368 e. The van der Waals surface area contributed by atoms with Crippen molar-refractivity contribution in [2.75, 3.05) is 4.90 Å². The van der Waals surface area contributed by atoms with Gasteiger partial charge in [0.15, 0.2) is 0 Å². The Hall–Kier alpha value is -2.43. The van der Waals surface area contributed by atoms with Crippen LogP contribution in [-0.4, -0.2) is 21.9 Å². The molecule has 3 rings (SSSR count). The molecule has 0 fully saturated rings. The average Bonchev–Trinajstić information content (AvgIpc) is 2.44. The van der Waals surface area contributed by atoms with Gasteiger partial charge in [-0.15, -0.1) is 0 Å². The van der Waals surface area contributed by atoms with Crippen molar-refractivity contribution in [3.63, 3.8) is 0 Å². The second-order valence-corrected chi connectivity index (χ2v) is 5.43. The monoisotopic (exact) mass is 282 g/mol. The minimum atomic E-state index is -0.367. The average molecular weight is 282 g/mol. The minimum absolute atomic E-state index is 0.321. The Bertz CT molecular complexity index is 678. The molecule has 0 radical (unpaired) electrons. The first-order valence-corrected chi connectivity index (χ1v) is 6.99. The maximum Gasteiger partial charge on any atom is 0.240 e. The van der Waals surface area contributed by atoms with Crippen LogP contribution >= 0.6 is 0 Å². The molecule has 21 heavy (non-hydrogen) atoms. The van der Waals surface area contributed by atoms with Crippen LogP contribution in [0.1, 0.15) is 22.6 Å². The van der Waals surface area contributed by atoms with E-state index >= 15 is 0 Å². The molecule has 1 aliphatic rings. The van der Waals surface area contributed by atoms with Gasteiger partial charge in [0.1, 0.15) is 17.7 Å². The summed E-state index contributed by atoms with van der Waals surface area (Å²) >= 11 is 0. The number of aryl methyl sites for hydroxylation is 2. The number of anilines is 1. The molecule has 5 nitrogen and oxygen atoms in total. The van der Waals surface area contributed by atoms with E-state index in [1.807, 2.05) is 36.9 Å². The molecule has 0 bridgehead atoms. The molecule has 2 N–H and O–H groups in total. The summed E-state index contributed by atoms with van der Waals surface area (Å²) in [6, 6.07) is 9.67. The zero-order valence-electron chi connectivity index (χ0n) is 12.2. The fourth-order valence-corrected chi connectivity index (χ4v) is 2.86. The molecule has 1 aromatic carbocycles. The molecule has 5 heteroatoms. The molecule has 1 atom stereocenters. The highest BCUT2D eigenvalue weighted by Gasteiger charge is 2.31. The van der Waals surface area contributed by atoms with Crippen LogP contribution in [0.2, 0.25) is 0 Å². The van der Waals surface area contributed by atoms with Crippen molar-refractivity contribution in [1.82, 2.24) is 9.97 Å². The lowest BCUT2D eigenvalue weighted by Gasteiger charge is -2.36. The summed E-state index contributed by atoms with van der Waals surface area (Å²) in [6.07, 6.45) is 0.619. The van der Waals surface area contributed by atoms with Crippen LogP contribution in [0.25, 0.3) is 0 Å². The fraction of sp³-hybridized carbons (Fsp3) is 0.312. The zero-order chi connectivity index (χ0) is 15.0. The Morgan fingerprint density at radius 1 is 1.24 bits per heavy atom. The standard InChI is InChI=1S/C16H18N4O/c1-10-7-15(19-11(2)18-10)20-9-13-6-4-3-5-12(13)8-14(20)16(17)21/h3-7,14H,8-9H2,1-2H3,(H2,17,21). The van der Waals surface area contributed by atoms with Gasteiger partial charge in [0, 0.05) is 24.7 Å². The fourth-order valence-electron chi connectivity index (χ4n) is 2.86. The highest BCUT2D eigenvalue weighted by Crippen LogP contribution is 2.27.